The summed E-state index contributed by atoms with van der Waals surface area (Å²) in [6.45, 7) is 0. The Balaban J connectivity index is 2.18. The molecule has 17 heavy (non-hydrogen) atoms. The molecule has 4 nitrogen and oxygen atoms in total. The van der Waals surface area contributed by atoms with E-state index >= 15 is 0 Å². The molecule has 2 aromatic rings. The Bertz CT molecular complexity index is 548. The number of furan rings is 1. The van der Waals surface area contributed by atoms with Crippen molar-refractivity contribution in [2.45, 2.75) is 0 Å². The standard InChI is InChI=1S/C11H8BrFN2O2/c12-10-2-1-9(17-10)11(16)15-8-4-6(13)3-7(14)5-8/h1-5H,14H2,(H,15,16). The van der Waals surface area contributed by atoms with E-state index in [0.29, 0.717) is 4.67 Å². The van der Waals surface area contributed by atoms with Crippen LogP contribution in [-0.2, 0) is 0 Å². The van der Waals surface area contributed by atoms with Gasteiger partial charge in [-0.3, -0.25) is 4.79 Å². The molecule has 3 N–H and O–H groups in total. The second-order valence-corrected chi connectivity index (χ2v) is 4.11. The van der Waals surface area contributed by atoms with Gasteiger partial charge in [-0.25, -0.2) is 4.39 Å². The van der Waals surface area contributed by atoms with Crippen LogP contribution >= 0.6 is 15.9 Å². The Labute approximate surface area is 105 Å². The summed E-state index contributed by atoms with van der Waals surface area (Å²) < 4.78 is 18.5. The predicted octanol–water partition coefficient (Wildman–Crippen LogP) is 3.02. The van der Waals surface area contributed by atoms with Crippen LogP contribution in [0.25, 0.3) is 0 Å². The first kappa shape index (κ1) is 11.7. The number of carbonyl (C=O) groups is 1. The molecule has 1 aromatic heterocycles. The first-order chi connectivity index (χ1) is 8.04. The van der Waals surface area contributed by atoms with Gasteiger partial charge in [-0.1, -0.05) is 0 Å². The fourth-order valence-corrected chi connectivity index (χ4v) is 1.62. The maximum absolute atomic E-state index is 13.0. The summed E-state index contributed by atoms with van der Waals surface area (Å²) in [6.07, 6.45) is 0. The number of nitrogens with one attached hydrogen (secondary N) is 1. The molecule has 0 spiro atoms. The summed E-state index contributed by atoms with van der Waals surface area (Å²) in [7, 11) is 0. The van der Waals surface area contributed by atoms with Gasteiger partial charge in [-0.2, -0.15) is 0 Å². The van der Waals surface area contributed by atoms with Crippen LogP contribution in [0.2, 0.25) is 0 Å². The molecule has 0 saturated heterocycles. The fraction of sp³-hybridized carbons (Fsp3) is 0. The molecule has 2 rings (SSSR count). The SMILES string of the molecule is Nc1cc(F)cc(NC(=O)c2ccc(Br)o2)c1. The van der Waals surface area contributed by atoms with Crippen LogP contribution in [0.3, 0.4) is 0 Å². The second-order valence-electron chi connectivity index (χ2n) is 3.33. The Morgan fingerprint density at radius 3 is 2.71 bits per heavy atom. The monoisotopic (exact) mass is 298 g/mol. The quantitative estimate of drug-likeness (QED) is 0.838. The number of carbonyl (C=O) groups excluding carboxylic acids is 1. The average Bonchev–Trinajstić information content (AvgIpc) is 2.63. The van der Waals surface area contributed by atoms with Crippen molar-refractivity contribution >= 4 is 33.2 Å². The zero-order valence-corrected chi connectivity index (χ0v) is 10.1. The van der Waals surface area contributed by atoms with E-state index in [0.717, 1.165) is 0 Å². The fourth-order valence-electron chi connectivity index (χ4n) is 1.31. The number of halogens is 2. The first-order valence-corrected chi connectivity index (χ1v) is 5.46. The molecule has 0 aliphatic rings. The first-order valence-electron chi connectivity index (χ1n) is 4.67. The Kier molecular flexibility index (Phi) is 3.14. The summed E-state index contributed by atoms with van der Waals surface area (Å²) in [6, 6.07) is 6.89. The normalized spacial score (nSPS) is 10.2. The minimum Gasteiger partial charge on any atom is -0.444 e. The molecule has 0 aliphatic heterocycles. The van der Waals surface area contributed by atoms with Crippen LogP contribution in [0.5, 0.6) is 0 Å². The van der Waals surface area contributed by atoms with Crippen molar-refractivity contribution < 1.29 is 13.6 Å². The summed E-state index contributed by atoms with van der Waals surface area (Å²) in [5.41, 5.74) is 5.97. The molecule has 0 radical (unpaired) electrons. The molecular weight excluding hydrogens is 291 g/mol. The van der Waals surface area contributed by atoms with E-state index in [4.69, 9.17) is 10.2 Å². The molecule has 1 amide bonds. The minimum atomic E-state index is -0.513. The number of anilines is 2. The lowest BCUT2D eigenvalue weighted by Crippen LogP contribution is -2.11. The van der Waals surface area contributed by atoms with Gasteiger partial charge in [0.15, 0.2) is 10.4 Å². The highest BCUT2D eigenvalue weighted by atomic mass is 79.9. The third-order valence-electron chi connectivity index (χ3n) is 1.97. The van der Waals surface area contributed by atoms with E-state index in [-0.39, 0.29) is 17.1 Å². The molecule has 0 fully saturated rings. The van der Waals surface area contributed by atoms with E-state index < -0.39 is 11.7 Å². The Hall–Kier alpha value is -1.82. The zero-order chi connectivity index (χ0) is 12.4. The number of hydrogen-bond donors (Lipinski definition) is 2. The maximum atomic E-state index is 13.0. The summed E-state index contributed by atoms with van der Waals surface area (Å²) in [5.74, 6) is -0.860. The lowest BCUT2D eigenvalue weighted by molar-refractivity contribution is 0.0995. The molecule has 1 aromatic carbocycles. The van der Waals surface area contributed by atoms with Crippen molar-refractivity contribution in [3.8, 4) is 0 Å². The minimum absolute atomic E-state index is 0.125. The van der Waals surface area contributed by atoms with Crippen molar-refractivity contribution in [1.29, 1.82) is 0 Å². The zero-order valence-electron chi connectivity index (χ0n) is 8.54. The predicted molar refractivity (Wildman–Crippen MR) is 65.2 cm³/mol. The molecule has 88 valence electrons. The molecule has 0 saturated carbocycles. The van der Waals surface area contributed by atoms with Crippen molar-refractivity contribution in [2.75, 3.05) is 11.1 Å². The van der Waals surface area contributed by atoms with Gasteiger partial charge in [0.1, 0.15) is 5.82 Å². The smallest absolute Gasteiger partial charge is 0.291 e. The van der Waals surface area contributed by atoms with Crippen LogP contribution in [0, 0.1) is 5.82 Å². The van der Waals surface area contributed by atoms with Gasteiger partial charge in [0.2, 0.25) is 0 Å². The summed E-state index contributed by atoms with van der Waals surface area (Å²) in [4.78, 5) is 11.7. The van der Waals surface area contributed by atoms with E-state index in [1.165, 1.54) is 24.3 Å². The van der Waals surface area contributed by atoms with Gasteiger partial charge in [0.05, 0.1) is 0 Å². The highest BCUT2D eigenvalue weighted by Crippen LogP contribution is 2.18. The molecule has 0 atom stereocenters. The summed E-state index contributed by atoms with van der Waals surface area (Å²) in [5, 5.41) is 2.48. The average molecular weight is 299 g/mol. The van der Waals surface area contributed by atoms with Crippen molar-refractivity contribution in [2.24, 2.45) is 0 Å². The number of nitrogen functional groups attached to an aromatic ring is 1. The lowest BCUT2D eigenvalue weighted by atomic mass is 10.2. The molecule has 1 heterocycles. The molecule has 0 unspecified atom stereocenters. The third kappa shape index (κ3) is 2.85. The topological polar surface area (TPSA) is 68.3 Å². The molecule has 6 heteroatoms. The second kappa shape index (κ2) is 4.58. The van der Waals surface area contributed by atoms with Gasteiger partial charge in [-0.05, 0) is 46.3 Å². The van der Waals surface area contributed by atoms with Gasteiger partial charge in [-0.15, -0.1) is 0 Å². The van der Waals surface area contributed by atoms with Crippen molar-refractivity contribution in [3.63, 3.8) is 0 Å². The number of benzene rings is 1. The van der Waals surface area contributed by atoms with Crippen LogP contribution in [-0.4, -0.2) is 5.91 Å². The lowest BCUT2D eigenvalue weighted by Gasteiger charge is -2.04. The highest BCUT2D eigenvalue weighted by molar-refractivity contribution is 9.10. The van der Waals surface area contributed by atoms with Gasteiger partial charge < -0.3 is 15.5 Å². The van der Waals surface area contributed by atoms with E-state index in [9.17, 15) is 9.18 Å². The van der Waals surface area contributed by atoms with Crippen molar-refractivity contribution in [1.82, 2.24) is 0 Å². The largest absolute Gasteiger partial charge is 0.444 e. The number of nitrogens with two attached hydrogens (primary N) is 1. The number of amides is 1. The van der Waals surface area contributed by atoms with E-state index in [1.54, 1.807) is 6.07 Å². The van der Waals surface area contributed by atoms with Crippen molar-refractivity contribution in [3.05, 3.63) is 46.6 Å². The van der Waals surface area contributed by atoms with E-state index in [1.807, 2.05) is 0 Å². The third-order valence-corrected chi connectivity index (χ3v) is 2.40. The number of rotatable bonds is 2. The van der Waals surface area contributed by atoms with Crippen LogP contribution < -0.4 is 11.1 Å². The van der Waals surface area contributed by atoms with Crippen LogP contribution in [0.4, 0.5) is 15.8 Å². The molecule has 0 bridgehead atoms. The van der Waals surface area contributed by atoms with E-state index in [2.05, 4.69) is 21.2 Å². The highest BCUT2D eigenvalue weighted by Gasteiger charge is 2.11. The van der Waals surface area contributed by atoms with Crippen LogP contribution in [0.1, 0.15) is 10.6 Å². The number of hydrogen-bond acceptors (Lipinski definition) is 3. The Morgan fingerprint density at radius 2 is 2.12 bits per heavy atom. The molecule has 0 aliphatic carbocycles. The molecular formula is C11H8BrFN2O2. The van der Waals surface area contributed by atoms with Gasteiger partial charge in [0, 0.05) is 11.4 Å². The Morgan fingerprint density at radius 1 is 1.35 bits per heavy atom. The van der Waals surface area contributed by atoms with Crippen LogP contribution in [0.15, 0.2) is 39.4 Å². The summed E-state index contributed by atoms with van der Waals surface area (Å²) >= 11 is 3.08. The van der Waals surface area contributed by atoms with Gasteiger partial charge >= 0.3 is 0 Å². The van der Waals surface area contributed by atoms with Gasteiger partial charge in [0.25, 0.3) is 5.91 Å². The maximum Gasteiger partial charge on any atom is 0.291 e.